The number of aromatic nitrogens is 1. The molecule has 1 aromatic carbocycles. The fourth-order valence-corrected chi connectivity index (χ4v) is 1.70. The minimum Gasteiger partial charge on any atom is -0.370 e. The number of benzene rings is 1. The molecule has 0 amide bonds. The molecule has 0 bridgehead atoms. The molecule has 1 aromatic heterocycles. The minimum absolute atomic E-state index is 0.313. The van der Waals surface area contributed by atoms with E-state index in [9.17, 15) is 0 Å². The number of nitrogens with two attached hydrogens (primary N) is 1. The second-order valence-electron chi connectivity index (χ2n) is 4.70. The van der Waals surface area contributed by atoms with Crippen molar-refractivity contribution in [2.75, 3.05) is 0 Å². The number of nitrogens with zero attached hydrogens (tertiary/aromatic N) is 2. The minimum atomic E-state index is 0.313. The third kappa shape index (κ3) is 3.85. The van der Waals surface area contributed by atoms with Crippen LogP contribution in [0.25, 0.3) is 11.3 Å². The molecular formula is C15H20N4O. The van der Waals surface area contributed by atoms with Gasteiger partial charge in [-0.1, -0.05) is 42.4 Å². The SMILES string of the molecule is CCC(C)NC(N)=NCc1cc(-c2ccccc2)no1. The third-order valence-corrected chi connectivity index (χ3v) is 3.04. The molecule has 0 aliphatic heterocycles. The lowest BCUT2D eigenvalue weighted by atomic mass is 10.1. The molecule has 1 unspecified atom stereocenters. The average molecular weight is 272 g/mol. The van der Waals surface area contributed by atoms with Gasteiger partial charge in [0.15, 0.2) is 11.7 Å². The molecule has 0 saturated heterocycles. The molecule has 106 valence electrons. The van der Waals surface area contributed by atoms with Gasteiger partial charge in [0.1, 0.15) is 12.2 Å². The lowest BCUT2D eigenvalue weighted by Crippen LogP contribution is -2.38. The molecule has 1 heterocycles. The third-order valence-electron chi connectivity index (χ3n) is 3.04. The van der Waals surface area contributed by atoms with Gasteiger partial charge < -0.3 is 15.6 Å². The van der Waals surface area contributed by atoms with Gasteiger partial charge in [0.2, 0.25) is 0 Å². The number of hydrogen-bond acceptors (Lipinski definition) is 3. The van der Waals surface area contributed by atoms with E-state index in [1.165, 1.54) is 0 Å². The molecule has 2 aromatic rings. The molecule has 5 nitrogen and oxygen atoms in total. The normalized spacial score (nSPS) is 13.2. The summed E-state index contributed by atoms with van der Waals surface area (Å²) in [6, 6.07) is 12.1. The lowest BCUT2D eigenvalue weighted by molar-refractivity contribution is 0.387. The van der Waals surface area contributed by atoms with Gasteiger partial charge in [-0.05, 0) is 13.3 Å². The van der Waals surface area contributed by atoms with Crippen LogP contribution in [0.4, 0.5) is 0 Å². The van der Waals surface area contributed by atoms with Crippen molar-refractivity contribution < 1.29 is 4.52 Å². The van der Waals surface area contributed by atoms with Crippen LogP contribution >= 0.6 is 0 Å². The summed E-state index contributed by atoms with van der Waals surface area (Å²) in [5, 5.41) is 7.14. The van der Waals surface area contributed by atoms with Crippen LogP contribution in [0.15, 0.2) is 45.9 Å². The Labute approximate surface area is 118 Å². The smallest absolute Gasteiger partial charge is 0.189 e. The topological polar surface area (TPSA) is 76.4 Å². The van der Waals surface area contributed by atoms with Crippen molar-refractivity contribution in [3.63, 3.8) is 0 Å². The Hall–Kier alpha value is -2.30. The van der Waals surface area contributed by atoms with E-state index in [1.54, 1.807) is 0 Å². The predicted octanol–water partition coefficient (Wildman–Crippen LogP) is 2.54. The van der Waals surface area contributed by atoms with E-state index in [4.69, 9.17) is 10.3 Å². The Morgan fingerprint density at radius 3 is 2.85 bits per heavy atom. The van der Waals surface area contributed by atoms with Gasteiger partial charge in [-0.25, -0.2) is 4.99 Å². The molecule has 2 rings (SSSR count). The number of nitrogens with one attached hydrogen (secondary N) is 1. The molecular weight excluding hydrogens is 252 g/mol. The highest BCUT2D eigenvalue weighted by atomic mass is 16.5. The molecule has 0 aliphatic rings. The van der Waals surface area contributed by atoms with E-state index in [1.807, 2.05) is 36.4 Å². The summed E-state index contributed by atoms with van der Waals surface area (Å²) >= 11 is 0. The summed E-state index contributed by atoms with van der Waals surface area (Å²) < 4.78 is 5.26. The first-order chi connectivity index (χ1) is 9.69. The van der Waals surface area contributed by atoms with E-state index in [0.29, 0.717) is 24.3 Å². The molecule has 1 atom stereocenters. The summed E-state index contributed by atoms with van der Waals surface area (Å²) in [5.41, 5.74) is 7.63. The van der Waals surface area contributed by atoms with Gasteiger partial charge in [0, 0.05) is 17.7 Å². The molecule has 0 aliphatic carbocycles. The number of hydrogen-bond donors (Lipinski definition) is 2. The lowest BCUT2D eigenvalue weighted by Gasteiger charge is -2.11. The maximum Gasteiger partial charge on any atom is 0.189 e. The second kappa shape index (κ2) is 6.75. The molecule has 0 fully saturated rings. The molecule has 0 saturated carbocycles. The zero-order valence-corrected chi connectivity index (χ0v) is 11.8. The quantitative estimate of drug-likeness (QED) is 0.648. The van der Waals surface area contributed by atoms with Crippen LogP contribution in [-0.4, -0.2) is 17.2 Å². The number of aliphatic imine (C=N–C) groups is 1. The predicted molar refractivity (Wildman–Crippen MR) is 80.2 cm³/mol. The zero-order chi connectivity index (χ0) is 14.4. The van der Waals surface area contributed by atoms with Crippen molar-refractivity contribution >= 4 is 5.96 Å². The van der Waals surface area contributed by atoms with Crippen LogP contribution in [0, 0.1) is 0 Å². The maximum absolute atomic E-state index is 5.79. The first kappa shape index (κ1) is 14.1. The zero-order valence-electron chi connectivity index (χ0n) is 11.8. The highest BCUT2D eigenvalue weighted by Gasteiger charge is 2.06. The summed E-state index contributed by atoms with van der Waals surface area (Å²) in [7, 11) is 0. The standard InChI is InChI=1S/C15H20N4O/c1-3-11(2)18-15(16)17-10-13-9-14(19-20-13)12-7-5-4-6-8-12/h4-9,11H,3,10H2,1-2H3,(H3,16,17,18). The molecule has 0 spiro atoms. The Morgan fingerprint density at radius 2 is 2.15 bits per heavy atom. The van der Waals surface area contributed by atoms with Gasteiger partial charge in [-0.3, -0.25) is 0 Å². The second-order valence-corrected chi connectivity index (χ2v) is 4.70. The van der Waals surface area contributed by atoms with E-state index < -0.39 is 0 Å². The Balaban J connectivity index is 1.98. The van der Waals surface area contributed by atoms with Gasteiger partial charge in [0.25, 0.3) is 0 Å². The summed E-state index contributed by atoms with van der Waals surface area (Å²) in [6.45, 7) is 4.53. The highest BCUT2D eigenvalue weighted by Crippen LogP contribution is 2.18. The fourth-order valence-electron chi connectivity index (χ4n) is 1.70. The van der Waals surface area contributed by atoms with E-state index in [0.717, 1.165) is 17.7 Å². The van der Waals surface area contributed by atoms with Crippen molar-refractivity contribution in [2.45, 2.75) is 32.9 Å². The van der Waals surface area contributed by atoms with Crippen LogP contribution in [0.2, 0.25) is 0 Å². The molecule has 5 heteroatoms. The highest BCUT2D eigenvalue weighted by molar-refractivity contribution is 5.78. The largest absolute Gasteiger partial charge is 0.370 e. The molecule has 0 radical (unpaired) electrons. The van der Waals surface area contributed by atoms with Gasteiger partial charge in [-0.15, -0.1) is 0 Å². The number of rotatable bonds is 5. The van der Waals surface area contributed by atoms with Gasteiger partial charge >= 0.3 is 0 Å². The van der Waals surface area contributed by atoms with Crippen LogP contribution in [0.3, 0.4) is 0 Å². The Bertz CT molecular complexity index is 562. The number of guanidine groups is 1. The molecule has 3 N–H and O–H groups in total. The monoisotopic (exact) mass is 272 g/mol. The summed E-state index contributed by atoms with van der Waals surface area (Å²) in [6.07, 6.45) is 0.997. The van der Waals surface area contributed by atoms with Crippen LogP contribution in [0.5, 0.6) is 0 Å². The average Bonchev–Trinajstić information content (AvgIpc) is 2.95. The maximum atomic E-state index is 5.79. The van der Waals surface area contributed by atoms with Gasteiger partial charge in [-0.2, -0.15) is 0 Å². The Kier molecular flexibility index (Phi) is 4.76. The van der Waals surface area contributed by atoms with Gasteiger partial charge in [0.05, 0.1) is 0 Å². The molecule has 20 heavy (non-hydrogen) atoms. The van der Waals surface area contributed by atoms with E-state index in [2.05, 4.69) is 29.3 Å². The first-order valence-electron chi connectivity index (χ1n) is 6.76. The van der Waals surface area contributed by atoms with Crippen molar-refractivity contribution in [1.29, 1.82) is 0 Å². The van der Waals surface area contributed by atoms with Crippen molar-refractivity contribution in [2.24, 2.45) is 10.7 Å². The van der Waals surface area contributed by atoms with Crippen molar-refractivity contribution in [3.05, 3.63) is 42.2 Å². The summed E-state index contributed by atoms with van der Waals surface area (Å²) in [4.78, 5) is 4.24. The van der Waals surface area contributed by atoms with Crippen molar-refractivity contribution in [1.82, 2.24) is 10.5 Å². The van der Waals surface area contributed by atoms with Crippen LogP contribution < -0.4 is 11.1 Å². The fraction of sp³-hybridized carbons (Fsp3) is 0.333. The summed E-state index contributed by atoms with van der Waals surface area (Å²) in [5.74, 6) is 1.12. The first-order valence-corrected chi connectivity index (χ1v) is 6.76. The Morgan fingerprint density at radius 1 is 1.40 bits per heavy atom. The van der Waals surface area contributed by atoms with Crippen LogP contribution in [0.1, 0.15) is 26.0 Å². The van der Waals surface area contributed by atoms with Crippen LogP contribution in [-0.2, 0) is 6.54 Å². The van der Waals surface area contributed by atoms with E-state index in [-0.39, 0.29) is 0 Å². The van der Waals surface area contributed by atoms with E-state index >= 15 is 0 Å². The van der Waals surface area contributed by atoms with Crippen molar-refractivity contribution in [3.8, 4) is 11.3 Å².